The molecule has 0 saturated heterocycles. The highest BCUT2D eigenvalue weighted by molar-refractivity contribution is 5.95. The normalized spacial score (nSPS) is 15.3. The van der Waals surface area contributed by atoms with Crippen LogP contribution in [0.5, 0.6) is 11.5 Å². The molecule has 4 N–H and O–H groups in total. The maximum absolute atomic E-state index is 12.5. The summed E-state index contributed by atoms with van der Waals surface area (Å²) in [6, 6.07) is 12.8. The van der Waals surface area contributed by atoms with E-state index in [4.69, 9.17) is 18.9 Å². The first-order chi connectivity index (χ1) is 21.6. The minimum absolute atomic E-state index is 0.154. The lowest BCUT2D eigenvalue weighted by molar-refractivity contribution is -0.136. The van der Waals surface area contributed by atoms with E-state index in [1.54, 1.807) is 43.5 Å². The molecule has 2 heterocycles. The summed E-state index contributed by atoms with van der Waals surface area (Å²) in [5, 5.41) is 20.0. The molecule has 13 nitrogen and oxygen atoms in total. The van der Waals surface area contributed by atoms with Crippen molar-refractivity contribution in [2.75, 3.05) is 27.4 Å². The van der Waals surface area contributed by atoms with Gasteiger partial charge in [0.15, 0.2) is 17.7 Å². The molecule has 0 fully saturated rings. The van der Waals surface area contributed by atoms with Crippen molar-refractivity contribution in [1.82, 2.24) is 20.6 Å². The lowest BCUT2D eigenvalue weighted by Crippen LogP contribution is -2.45. The Balaban J connectivity index is 1.42. The summed E-state index contributed by atoms with van der Waals surface area (Å²) in [7, 11) is 2.62. The molecule has 13 heteroatoms. The first-order valence-corrected chi connectivity index (χ1v) is 14.2. The number of aliphatic hydroxyl groups is 1. The maximum atomic E-state index is 12.5. The number of aryl methyl sites for hydroxylation is 1. The molecule has 1 aliphatic heterocycles. The molecule has 0 unspecified atom stereocenters. The van der Waals surface area contributed by atoms with Crippen LogP contribution in [-0.2, 0) is 14.3 Å². The third kappa shape index (κ3) is 7.44. The Morgan fingerprint density at radius 2 is 1.73 bits per heavy atom. The predicted octanol–water partition coefficient (Wildman–Crippen LogP) is 3.40. The number of ether oxygens (including phenoxy) is 4. The second kappa shape index (κ2) is 14.4. The monoisotopic (exact) mass is 619 g/mol. The fourth-order valence-corrected chi connectivity index (χ4v) is 5.00. The molecule has 0 spiro atoms. The highest BCUT2D eigenvalue weighted by atomic mass is 16.5. The number of hydrogen-bond acceptors (Lipinski definition) is 10. The van der Waals surface area contributed by atoms with E-state index in [9.17, 15) is 19.5 Å². The van der Waals surface area contributed by atoms with Gasteiger partial charge in [-0.15, -0.1) is 0 Å². The van der Waals surface area contributed by atoms with E-state index in [2.05, 4.69) is 21.2 Å². The number of amides is 2. The third-order valence-corrected chi connectivity index (χ3v) is 7.12. The molecular formula is C32H37N5O8. The first-order valence-electron chi connectivity index (χ1n) is 14.2. The van der Waals surface area contributed by atoms with Crippen LogP contribution < -0.4 is 25.5 Å². The number of rotatable bonds is 12. The lowest BCUT2D eigenvalue weighted by atomic mass is 9.95. The number of carbonyl (C=O) groups is 3. The molecule has 0 aliphatic carbocycles. The molecule has 2 amide bonds. The summed E-state index contributed by atoms with van der Waals surface area (Å²) in [6.45, 7) is 7.52. The Bertz CT molecular complexity index is 1630. The van der Waals surface area contributed by atoms with E-state index >= 15 is 0 Å². The Kier molecular flexibility index (Phi) is 10.5. The minimum Gasteiger partial charge on any atom is -0.490 e. The van der Waals surface area contributed by atoms with E-state index < -0.39 is 30.2 Å². The van der Waals surface area contributed by atoms with Crippen molar-refractivity contribution in [2.24, 2.45) is 5.10 Å². The van der Waals surface area contributed by atoms with Gasteiger partial charge in [0.05, 0.1) is 44.2 Å². The molecule has 238 valence electrons. The third-order valence-electron chi connectivity index (χ3n) is 7.12. The quantitative estimate of drug-likeness (QED) is 0.103. The van der Waals surface area contributed by atoms with Crippen LogP contribution in [0.15, 0.2) is 64.9 Å². The number of methoxy groups -OCH3 is 2. The summed E-state index contributed by atoms with van der Waals surface area (Å²) in [5.41, 5.74) is 7.95. The number of allylic oxidation sites excluding steroid dienone is 1. The molecule has 4 rings (SSSR count). The van der Waals surface area contributed by atoms with E-state index in [-0.39, 0.29) is 12.2 Å². The number of benzene rings is 2. The fraction of sp³-hybridized carbons (Fsp3) is 0.312. The van der Waals surface area contributed by atoms with Crippen molar-refractivity contribution in [1.29, 1.82) is 0 Å². The van der Waals surface area contributed by atoms with Gasteiger partial charge in [-0.05, 0) is 75.7 Å². The average molecular weight is 620 g/mol. The summed E-state index contributed by atoms with van der Waals surface area (Å²) in [5.74, 6) is -0.251. The molecule has 2 aromatic carbocycles. The largest absolute Gasteiger partial charge is 0.490 e. The second-order valence-corrected chi connectivity index (χ2v) is 10.1. The van der Waals surface area contributed by atoms with Gasteiger partial charge in [-0.3, -0.25) is 5.43 Å². The molecule has 3 aromatic rings. The Morgan fingerprint density at radius 3 is 2.40 bits per heavy atom. The number of hydrazone groups is 1. The molecule has 0 bridgehead atoms. The topological polar surface area (TPSA) is 162 Å². The number of carbonyl (C=O) groups excluding carboxylic acids is 3. The van der Waals surface area contributed by atoms with Gasteiger partial charge in [0.2, 0.25) is 0 Å². The van der Waals surface area contributed by atoms with Crippen molar-refractivity contribution < 1.29 is 38.4 Å². The smallest absolute Gasteiger partial charge is 0.337 e. The molecular weight excluding hydrogens is 582 g/mol. The van der Waals surface area contributed by atoms with Crippen LogP contribution >= 0.6 is 0 Å². The Morgan fingerprint density at radius 1 is 1.02 bits per heavy atom. The predicted molar refractivity (Wildman–Crippen MR) is 166 cm³/mol. The maximum Gasteiger partial charge on any atom is 0.337 e. The highest BCUT2D eigenvalue weighted by Crippen LogP contribution is 2.35. The van der Waals surface area contributed by atoms with Crippen molar-refractivity contribution in [3.63, 3.8) is 0 Å². The summed E-state index contributed by atoms with van der Waals surface area (Å²) in [6.07, 6.45) is 0.456. The lowest BCUT2D eigenvalue weighted by Gasteiger charge is -2.28. The van der Waals surface area contributed by atoms with E-state index in [0.29, 0.717) is 34.9 Å². The number of nitrogens with zero attached hydrogens (tertiary/aromatic N) is 2. The Hall–Kier alpha value is -5.30. The zero-order valence-corrected chi connectivity index (χ0v) is 26.0. The highest BCUT2D eigenvalue weighted by Gasteiger charge is 2.32. The van der Waals surface area contributed by atoms with Gasteiger partial charge in [0.1, 0.15) is 6.61 Å². The van der Waals surface area contributed by atoms with Crippen LogP contribution in [0.1, 0.15) is 52.8 Å². The van der Waals surface area contributed by atoms with Gasteiger partial charge >= 0.3 is 18.0 Å². The number of nitrogens with one attached hydrogen (secondary N) is 3. The van der Waals surface area contributed by atoms with Gasteiger partial charge in [-0.2, -0.15) is 5.10 Å². The molecule has 45 heavy (non-hydrogen) atoms. The van der Waals surface area contributed by atoms with Crippen molar-refractivity contribution in [3.05, 3.63) is 87.9 Å². The van der Waals surface area contributed by atoms with Crippen molar-refractivity contribution in [3.8, 4) is 17.2 Å². The summed E-state index contributed by atoms with van der Waals surface area (Å²) >= 11 is 0. The van der Waals surface area contributed by atoms with E-state index in [1.165, 1.54) is 14.2 Å². The molecule has 1 aliphatic rings. The number of aliphatic hydroxyl groups excluding tert-OH is 1. The van der Waals surface area contributed by atoms with E-state index in [0.717, 1.165) is 22.6 Å². The summed E-state index contributed by atoms with van der Waals surface area (Å²) in [4.78, 5) is 36.4. The van der Waals surface area contributed by atoms with Crippen LogP contribution in [0, 0.1) is 13.8 Å². The number of urea groups is 1. The first kappa shape index (κ1) is 32.6. The van der Waals surface area contributed by atoms with Gasteiger partial charge in [0.25, 0.3) is 0 Å². The average Bonchev–Trinajstić information content (AvgIpc) is 3.31. The van der Waals surface area contributed by atoms with Crippen LogP contribution in [-0.4, -0.2) is 67.5 Å². The fourth-order valence-electron chi connectivity index (χ4n) is 5.00. The van der Waals surface area contributed by atoms with Gasteiger partial charge < -0.3 is 39.3 Å². The SMILES string of the molecule is CCOc1cc([C@H]2NC(=O)NC(C)=C2C(=O)OC)ccc1OC[C@@H](O)N/N=C\c1cc(C)n(-c2ccc(C(=O)OC)cc2)c1C. The van der Waals surface area contributed by atoms with E-state index in [1.807, 2.05) is 43.5 Å². The van der Waals surface area contributed by atoms with Crippen LogP contribution in [0.4, 0.5) is 4.79 Å². The standard InChI is InChI=1S/C32H37N5O8/c1-7-44-26-15-22(29-28(31(40)43-6)19(3)34-32(41)35-29)10-13-25(26)45-17-27(38)36-33-16-23-14-18(2)37(20(23)4)24-11-8-21(9-12-24)30(39)42-5/h8-16,27,29,36,38H,7,17H2,1-6H3,(H2,34,35,41)/b33-16-/t27-,29-/m1/s1. The van der Waals surface area contributed by atoms with Gasteiger partial charge in [-0.1, -0.05) is 6.07 Å². The number of aromatic nitrogens is 1. The number of hydrogen-bond donors (Lipinski definition) is 4. The van der Waals surface area contributed by atoms with Crippen LogP contribution in [0.3, 0.4) is 0 Å². The van der Waals surface area contributed by atoms with Gasteiger partial charge in [-0.25, -0.2) is 14.4 Å². The molecule has 1 aromatic heterocycles. The molecule has 0 saturated carbocycles. The Labute approximate surface area is 260 Å². The molecule has 2 atom stereocenters. The second-order valence-electron chi connectivity index (χ2n) is 10.1. The van der Waals surface area contributed by atoms with Crippen LogP contribution in [0.25, 0.3) is 5.69 Å². The van der Waals surface area contributed by atoms with Crippen molar-refractivity contribution >= 4 is 24.2 Å². The van der Waals surface area contributed by atoms with Gasteiger partial charge in [0, 0.05) is 28.3 Å². The molecule has 0 radical (unpaired) electrons. The van der Waals surface area contributed by atoms with Crippen molar-refractivity contribution in [2.45, 2.75) is 40.0 Å². The minimum atomic E-state index is -1.15. The zero-order valence-electron chi connectivity index (χ0n) is 26.0. The van der Waals surface area contributed by atoms with Crippen LogP contribution in [0.2, 0.25) is 0 Å². The number of esters is 2. The summed E-state index contributed by atoms with van der Waals surface area (Å²) < 4.78 is 23.3. The zero-order chi connectivity index (χ0) is 32.7.